The molecule has 258 valence electrons. The summed E-state index contributed by atoms with van der Waals surface area (Å²) < 4.78 is 13.1. The molecule has 0 aliphatic carbocycles. The van der Waals surface area contributed by atoms with Crippen LogP contribution in [-0.4, -0.2) is 4.98 Å². The molecule has 0 saturated carbocycles. The van der Waals surface area contributed by atoms with Gasteiger partial charge in [-0.15, -0.1) is 0 Å². The fraction of sp³-hybridized carbons (Fsp3) is 0. The van der Waals surface area contributed by atoms with Crippen LogP contribution in [-0.2, 0) is 0 Å². The van der Waals surface area contributed by atoms with E-state index in [4.69, 9.17) is 13.8 Å². The molecule has 11 aromatic rings. The van der Waals surface area contributed by atoms with Crippen LogP contribution in [0.5, 0.6) is 0 Å². The van der Waals surface area contributed by atoms with Gasteiger partial charge in [0.1, 0.15) is 16.7 Å². The summed E-state index contributed by atoms with van der Waals surface area (Å²) in [4.78, 5) is 7.43. The average Bonchev–Trinajstić information content (AvgIpc) is 3.85. The number of benzene rings is 9. The molecule has 2 heterocycles. The van der Waals surface area contributed by atoms with E-state index in [1.165, 1.54) is 27.1 Å². The Morgan fingerprint density at radius 3 is 1.82 bits per heavy atom. The summed E-state index contributed by atoms with van der Waals surface area (Å²) in [5.41, 5.74) is 11.5. The number of rotatable bonds is 6. The molecule has 9 aromatic carbocycles. The Hall–Kier alpha value is -7.43. The number of oxazole rings is 1. The predicted molar refractivity (Wildman–Crippen MR) is 227 cm³/mol. The largest absolute Gasteiger partial charge is 0.455 e. The number of fused-ring (bicyclic) bond motifs is 7. The Morgan fingerprint density at radius 1 is 0.364 bits per heavy atom. The van der Waals surface area contributed by atoms with Gasteiger partial charge in [0, 0.05) is 33.4 Å². The van der Waals surface area contributed by atoms with Crippen molar-refractivity contribution >= 4 is 71.6 Å². The lowest BCUT2D eigenvalue weighted by molar-refractivity contribution is 0.620. The molecule has 4 heteroatoms. The fourth-order valence-corrected chi connectivity index (χ4v) is 8.02. The minimum atomic E-state index is 0.582. The minimum absolute atomic E-state index is 0.582. The summed E-state index contributed by atoms with van der Waals surface area (Å²) in [5.74, 6) is 0.582. The predicted octanol–water partition coefficient (Wildman–Crippen LogP) is 14.5. The number of hydrogen-bond acceptors (Lipinski definition) is 4. The summed E-state index contributed by atoms with van der Waals surface area (Å²) in [6.45, 7) is 0. The maximum atomic E-state index is 6.62. The van der Waals surface area contributed by atoms with Crippen molar-refractivity contribution in [3.05, 3.63) is 194 Å². The Labute approximate surface area is 317 Å². The summed E-state index contributed by atoms with van der Waals surface area (Å²) in [5, 5.41) is 6.94. The Kier molecular flexibility index (Phi) is 7.14. The van der Waals surface area contributed by atoms with E-state index in [9.17, 15) is 0 Å². The van der Waals surface area contributed by atoms with E-state index >= 15 is 0 Å². The van der Waals surface area contributed by atoms with Gasteiger partial charge in [-0.25, -0.2) is 4.98 Å². The fourth-order valence-electron chi connectivity index (χ4n) is 8.02. The number of furan rings is 1. The maximum absolute atomic E-state index is 6.62. The topological polar surface area (TPSA) is 42.4 Å². The summed E-state index contributed by atoms with van der Waals surface area (Å²) in [7, 11) is 0. The number of anilines is 3. The molecule has 0 atom stereocenters. The number of aromatic nitrogens is 1. The molecule has 0 amide bonds. The van der Waals surface area contributed by atoms with Crippen molar-refractivity contribution in [1.29, 1.82) is 0 Å². The van der Waals surface area contributed by atoms with Crippen LogP contribution in [0.4, 0.5) is 17.1 Å². The van der Waals surface area contributed by atoms with Gasteiger partial charge in [0.2, 0.25) is 5.89 Å². The summed E-state index contributed by atoms with van der Waals surface area (Å²) in [6.07, 6.45) is 0. The van der Waals surface area contributed by atoms with Gasteiger partial charge in [-0.1, -0.05) is 133 Å². The van der Waals surface area contributed by atoms with Gasteiger partial charge in [0.15, 0.2) is 5.58 Å². The van der Waals surface area contributed by atoms with E-state index < -0.39 is 0 Å². The highest BCUT2D eigenvalue weighted by Gasteiger charge is 2.22. The lowest BCUT2D eigenvalue weighted by Crippen LogP contribution is -2.10. The Bertz CT molecular complexity index is 3200. The lowest BCUT2D eigenvalue weighted by atomic mass is 9.99. The van der Waals surface area contributed by atoms with E-state index in [0.717, 1.165) is 72.4 Å². The van der Waals surface area contributed by atoms with Gasteiger partial charge >= 0.3 is 0 Å². The highest BCUT2D eigenvalue weighted by atomic mass is 16.4. The Balaban J connectivity index is 1.11. The SMILES string of the molecule is c1ccc(-c2cccc(N(c3ccc(-c4c5nc(-c6ccccc6)oc5cc5c4oc4ccccc45)cc3)c3ccc4ccc5ccccc5c4c3)c2)cc1. The van der Waals surface area contributed by atoms with Crippen LogP contribution in [0.15, 0.2) is 203 Å². The normalized spacial score (nSPS) is 11.6. The van der Waals surface area contributed by atoms with Crippen LogP contribution >= 0.6 is 0 Å². The molecule has 0 radical (unpaired) electrons. The van der Waals surface area contributed by atoms with E-state index in [1.54, 1.807) is 0 Å². The second-order valence-corrected chi connectivity index (χ2v) is 13.9. The first kappa shape index (κ1) is 31.1. The van der Waals surface area contributed by atoms with Crippen LogP contribution < -0.4 is 4.90 Å². The van der Waals surface area contributed by atoms with Gasteiger partial charge in [-0.05, 0) is 98.9 Å². The minimum Gasteiger partial charge on any atom is -0.455 e. The molecule has 11 rings (SSSR count). The molecular formula is C51H32N2O2. The third kappa shape index (κ3) is 5.26. The van der Waals surface area contributed by atoms with Crippen molar-refractivity contribution in [1.82, 2.24) is 4.98 Å². The van der Waals surface area contributed by atoms with E-state index in [-0.39, 0.29) is 0 Å². The molecule has 0 saturated heterocycles. The van der Waals surface area contributed by atoms with Crippen molar-refractivity contribution in [3.63, 3.8) is 0 Å². The third-order valence-corrected chi connectivity index (χ3v) is 10.7. The van der Waals surface area contributed by atoms with E-state index in [1.807, 2.05) is 48.5 Å². The molecule has 4 nitrogen and oxygen atoms in total. The van der Waals surface area contributed by atoms with E-state index in [0.29, 0.717) is 5.89 Å². The van der Waals surface area contributed by atoms with Crippen LogP contribution in [0.3, 0.4) is 0 Å². The van der Waals surface area contributed by atoms with Gasteiger partial charge in [-0.2, -0.15) is 0 Å². The van der Waals surface area contributed by atoms with Gasteiger partial charge in [-0.3, -0.25) is 0 Å². The first-order valence-corrected chi connectivity index (χ1v) is 18.5. The zero-order valence-electron chi connectivity index (χ0n) is 29.7. The molecular weight excluding hydrogens is 673 g/mol. The van der Waals surface area contributed by atoms with Gasteiger partial charge in [0.05, 0.1) is 5.56 Å². The van der Waals surface area contributed by atoms with Crippen LogP contribution in [0.2, 0.25) is 0 Å². The first-order chi connectivity index (χ1) is 27.2. The van der Waals surface area contributed by atoms with Crippen molar-refractivity contribution in [2.24, 2.45) is 0 Å². The molecule has 0 aliphatic rings. The second-order valence-electron chi connectivity index (χ2n) is 13.9. The highest BCUT2D eigenvalue weighted by Crippen LogP contribution is 2.44. The molecule has 0 N–H and O–H groups in total. The third-order valence-electron chi connectivity index (χ3n) is 10.7. The number of nitrogens with zero attached hydrogens (tertiary/aromatic N) is 2. The standard InChI is InChI=1S/C51H32N2O2/c1-3-12-33(13-4-1)38-17-11-18-40(30-38)53(41-29-24-35-23-22-34-14-7-8-19-42(34)44(35)31-41)39-27-25-36(26-28-39)48-49-47(55-51(52-49)37-15-5-2-6-16-37)32-45-43-20-9-10-21-46(43)54-50(45)48/h1-32H. The van der Waals surface area contributed by atoms with Crippen LogP contribution in [0.25, 0.3) is 88.3 Å². The van der Waals surface area contributed by atoms with E-state index in [2.05, 4.69) is 150 Å². The number of hydrogen-bond donors (Lipinski definition) is 0. The van der Waals surface area contributed by atoms with Crippen molar-refractivity contribution in [2.75, 3.05) is 4.90 Å². The molecule has 55 heavy (non-hydrogen) atoms. The Morgan fingerprint density at radius 2 is 1.00 bits per heavy atom. The van der Waals surface area contributed by atoms with Gasteiger partial charge < -0.3 is 13.7 Å². The van der Waals surface area contributed by atoms with Crippen molar-refractivity contribution < 1.29 is 8.83 Å². The summed E-state index contributed by atoms with van der Waals surface area (Å²) >= 11 is 0. The second kappa shape index (κ2) is 12.6. The molecule has 0 aliphatic heterocycles. The summed E-state index contributed by atoms with van der Waals surface area (Å²) in [6, 6.07) is 68.2. The molecule has 0 fully saturated rings. The monoisotopic (exact) mass is 704 g/mol. The number of para-hydroxylation sites is 1. The molecule has 0 unspecified atom stereocenters. The van der Waals surface area contributed by atoms with Crippen molar-refractivity contribution in [3.8, 4) is 33.7 Å². The van der Waals surface area contributed by atoms with Crippen LogP contribution in [0, 0.1) is 0 Å². The van der Waals surface area contributed by atoms with Crippen molar-refractivity contribution in [2.45, 2.75) is 0 Å². The van der Waals surface area contributed by atoms with Crippen LogP contribution in [0.1, 0.15) is 0 Å². The zero-order valence-corrected chi connectivity index (χ0v) is 29.7. The lowest BCUT2D eigenvalue weighted by Gasteiger charge is -2.27. The van der Waals surface area contributed by atoms with Gasteiger partial charge in [0.25, 0.3) is 0 Å². The molecule has 0 spiro atoms. The average molecular weight is 705 g/mol. The maximum Gasteiger partial charge on any atom is 0.227 e. The quantitative estimate of drug-likeness (QED) is 0.162. The first-order valence-electron chi connectivity index (χ1n) is 18.5. The zero-order chi connectivity index (χ0) is 36.3. The highest BCUT2D eigenvalue weighted by molar-refractivity contribution is 6.17. The smallest absolute Gasteiger partial charge is 0.227 e. The molecule has 0 bridgehead atoms. The molecule has 2 aromatic heterocycles.